The number of benzene rings is 2. The van der Waals surface area contributed by atoms with Gasteiger partial charge < -0.3 is 15.0 Å². The minimum atomic E-state index is -0.690. The van der Waals surface area contributed by atoms with E-state index in [1.165, 1.54) is 4.90 Å². The standard InChI is InChI=1S/C21H23Cl3N2O3/c1-3-18(21(28)25-4-2)26(12-14-15(22)9-7-10-16(14)23)20(27)13-29-19-11-6-5-8-17(19)24/h5-11,18H,3-4,12-13H2,1-2H3,(H,25,28). The van der Waals surface area contributed by atoms with Gasteiger partial charge in [-0.25, -0.2) is 0 Å². The molecule has 2 aromatic carbocycles. The summed E-state index contributed by atoms with van der Waals surface area (Å²) in [4.78, 5) is 27.1. The number of halogens is 3. The molecule has 156 valence electrons. The molecule has 0 bridgehead atoms. The minimum Gasteiger partial charge on any atom is -0.482 e. The van der Waals surface area contributed by atoms with Gasteiger partial charge in [0.15, 0.2) is 6.61 Å². The number of nitrogens with one attached hydrogen (secondary N) is 1. The van der Waals surface area contributed by atoms with Crippen LogP contribution < -0.4 is 10.1 Å². The van der Waals surface area contributed by atoms with Crippen molar-refractivity contribution >= 4 is 46.6 Å². The lowest BCUT2D eigenvalue weighted by atomic mass is 10.1. The van der Waals surface area contributed by atoms with Gasteiger partial charge in [-0.05, 0) is 37.6 Å². The van der Waals surface area contributed by atoms with Crippen LogP contribution in [0.5, 0.6) is 5.75 Å². The maximum atomic E-state index is 13.1. The lowest BCUT2D eigenvalue weighted by Crippen LogP contribution is -2.50. The predicted octanol–water partition coefficient (Wildman–Crippen LogP) is 4.97. The lowest BCUT2D eigenvalue weighted by molar-refractivity contribution is -0.142. The van der Waals surface area contributed by atoms with Gasteiger partial charge >= 0.3 is 0 Å². The number of hydrogen-bond acceptors (Lipinski definition) is 3. The van der Waals surface area contributed by atoms with Crippen LogP contribution in [-0.4, -0.2) is 35.9 Å². The summed E-state index contributed by atoms with van der Waals surface area (Å²) in [5, 5.41) is 4.02. The second-order valence-electron chi connectivity index (χ2n) is 6.26. The molecular formula is C21H23Cl3N2O3. The Kier molecular flexibility index (Phi) is 9.08. The average Bonchev–Trinajstić information content (AvgIpc) is 2.69. The summed E-state index contributed by atoms with van der Waals surface area (Å²) in [5.41, 5.74) is 0.574. The third-order valence-corrected chi connectivity index (χ3v) is 5.34. The van der Waals surface area contributed by atoms with E-state index in [1.54, 1.807) is 42.5 Å². The van der Waals surface area contributed by atoms with Gasteiger partial charge in [0.2, 0.25) is 5.91 Å². The van der Waals surface area contributed by atoms with E-state index in [-0.39, 0.29) is 25.0 Å². The Morgan fingerprint density at radius 2 is 1.62 bits per heavy atom. The topological polar surface area (TPSA) is 58.6 Å². The Hall–Kier alpha value is -1.95. The molecule has 2 rings (SSSR count). The summed E-state index contributed by atoms with van der Waals surface area (Å²) in [7, 11) is 0. The van der Waals surface area contributed by atoms with E-state index in [0.717, 1.165) is 0 Å². The van der Waals surface area contributed by atoms with Crippen molar-refractivity contribution in [3.8, 4) is 5.75 Å². The van der Waals surface area contributed by atoms with E-state index < -0.39 is 6.04 Å². The summed E-state index contributed by atoms with van der Waals surface area (Å²) < 4.78 is 5.59. The first-order valence-electron chi connectivity index (χ1n) is 9.26. The quantitative estimate of drug-likeness (QED) is 0.578. The van der Waals surface area contributed by atoms with Crippen LogP contribution in [0.1, 0.15) is 25.8 Å². The molecule has 1 atom stereocenters. The van der Waals surface area contributed by atoms with Crippen LogP contribution in [0, 0.1) is 0 Å². The first-order chi connectivity index (χ1) is 13.9. The number of carbonyl (C=O) groups excluding carboxylic acids is 2. The molecule has 0 aliphatic carbocycles. The number of para-hydroxylation sites is 1. The molecule has 5 nitrogen and oxygen atoms in total. The zero-order valence-electron chi connectivity index (χ0n) is 16.3. The Morgan fingerprint density at radius 1 is 1.00 bits per heavy atom. The van der Waals surface area contributed by atoms with Crippen molar-refractivity contribution in [2.45, 2.75) is 32.9 Å². The van der Waals surface area contributed by atoms with E-state index >= 15 is 0 Å². The SMILES string of the molecule is CCNC(=O)C(CC)N(Cc1c(Cl)cccc1Cl)C(=O)COc1ccccc1Cl. The number of ether oxygens (including phenoxy) is 1. The van der Waals surface area contributed by atoms with Crippen LogP contribution in [0.2, 0.25) is 15.1 Å². The molecule has 0 aromatic heterocycles. The molecule has 1 unspecified atom stereocenters. The molecule has 29 heavy (non-hydrogen) atoms. The van der Waals surface area contributed by atoms with Gasteiger partial charge in [0.05, 0.1) is 5.02 Å². The van der Waals surface area contributed by atoms with Crippen molar-refractivity contribution in [1.29, 1.82) is 0 Å². The third kappa shape index (κ3) is 6.26. The Bertz CT molecular complexity index is 841. The van der Waals surface area contributed by atoms with Gasteiger partial charge in [-0.2, -0.15) is 0 Å². The molecule has 1 N–H and O–H groups in total. The number of amides is 2. The third-order valence-electron chi connectivity index (χ3n) is 4.31. The number of hydrogen-bond donors (Lipinski definition) is 1. The molecule has 0 aliphatic heterocycles. The zero-order valence-corrected chi connectivity index (χ0v) is 18.5. The van der Waals surface area contributed by atoms with Gasteiger partial charge in [-0.1, -0.05) is 59.9 Å². The van der Waals surface area contributed by atoms with E-state index in [1.807, 2.05) is 13.8 Å². The fraction of sp³-hybridized carbons (Fsp3) is 0.333. The summed E-state index contributed by atoms with van der Waals surface area (Å²) in [6, 6.07) is 11.3. The molecule has 0 saturated heterocycles. The fourth-order valence-corrected chi connectivity index (χ4v) is 3.56. The summed E-state index contributed by atoms with van der Waals surface area (Å²) in [6.07, 6.45) is 0.422. The smallest absolute Gasteiger partial charge is 0.261 e. The van der Waals surface area contributed by atoms with Crippen molar-refractivity contribution < 1.29 is 14.3 Å². The van der Waals surface area contributed by atoms with E-state index in [2.05, 4.69) is 5.32 Å². The van der Waals surface area contributed by atoms with Crippen molar-refractivity contribution in [2.24, 2.45) is 0 Å². The highest BCUT2D eigenvalue weighted by Crippen LogP contribution is 2.27. The molecule has 8 heteroatoms. The summed E-state index contributed by atoms with van der Waals surface area (Å²) in [5.74, 6) is -0.229. The van der Waals surface area contributed by atoms with Crippen molar-refractivity contribution in [1.82, 2.24) is 10.2 Å². The van der Waals surface area contributed by atoms with Crippen LogP contribution >= 0.6 is 34.8 Å². The first-order valence-corrected chi connectivity index (χ1v) is 10.4. The van der Waals surface area contributed by atoms with Crippen molar-refractivity contribution in [3.63, 3.8) is 0 Å². The van der Waals surface area contributed by atoms with Crippen LogP contribution in [0.3, 0.4) is 0 Å². The van der Waals surface area contributed by atoms with E-state index in [9.17, 15) is 9.59 Å². The Labute approximate surface area is 185 Å². The van der Waals surface area contributed by atoms with Gasteiger partial charge in [0, 0.05) is 28.7 Å². The molecule has 2 aromatic rings. The highest BCUT2D eigenvalue weighted by molar-refractivity contribution is 6.36. The molecule has 0 heterocycles. The molecule has 2 amide bonds. The van der Waals surface area contributed by atoms with Crippen LogP contribution in [0.25, 0.3) is 0 Å². The van der Waals surface area contributed by atoms with Crippen molar-refractivity contribution in [3.05, 3.63) is 63.1 Å². The van der Waals surface area contributed by atoms with Gasteiger partial charge in [0.1, 0.15) is 11.8 Å². The second kappa shape index (κ2) is 11.3. The number of nitrogens with zero attached hydrogens (tertiary/aromatic N) is 1. The Balaban J connectivity index is 2.28. The molecule has 0 fully saturated rings. The van der Waals surface area contributed by atoms with E-state index in [4.69, 9.17) is 39.5 Å². The number of likely N-dealkylation sites (N-methyl/N-ethyl adjacent to an activating group) is 1. The first kappa shape index (κ1) is 23.3. The molecule has 0 aliphatic rings. The van der Waals surface area contributed by atoms with Crippen LogP contribution in [-0.2, 0) is 16.1 Å². The zero-order chi connectivity index (χ0) is 21.4. The maximum absolute atomic E-state index is 13.1. The maximum Gasteiger partial charge on any atom is 0.261 e. The molecule has 0 radical (unpaired) electrons. The fourth-order valence-electron chi connectivity index (χ4n) is 2.85. The molecular weight excluding hydrogens is 435 g/mol. The molecule has 0 saturated carbocycles. The normalized spacial score (nSPS) is 11.6. The highest BCUT2D eigenvalue weighted by Gasteiger charge is 2.29. The van der Waals surface area contributed by atoms with Gasteiger partial charge in [0.25, 0.3) is 5.91 Å². The highest BCUT2D eigenvalue weighted by atomic mass is 35.5. The van der Waals surface area contributed by atoms with Gasteiger partial charge in [-0.15, -0.1) is 0 Å². The number of carbonyl (C=O) groups is 2. The summed E-state index contributed by atoms with van der Waals surface area (Å²) in [6.45, 7) is 3.92. The van der Waals surface area contributed by atoms with E-state index in [0.29, 0.717) is 39.3 Å². The lowest BCUT2D eigenvalue weighted by Gasteiger charge is -2.31. The van der Waals surface area contributed by atoms with Crippen LogP contribution in [0.4, 0.5) is 0 Å². The second-order valence-corrected chi connectivity index (χ2v) is 7.48. The summed E-state index contributed by atoms with van der Waals surface area (Å²) >= 11 is 18.7. The molecule has 0 spiro atoms. The average molecular weight is 458 g/mol. The van der Waals surface area contributed by atoms with Crippen LogP contribution in [0.15, 0.2) is 42.5 Å². The predicted molar refractivity (Wildman–Crippen MR) is 117 cm³/mol. The van der Waals surface area contributed by atoms with Gasteiger partial charge in [-0.3, -0.25) is 9.59 Å². The minimum absolute atomic E-state index is 0.0822. The van der Waals surface area contributed by atoms with Crippen molar-refractivity contribution in [2.75, 3.05) is 13.2 Å². The number of rotatable bonds is 9. The largest absolute Gasteiger partial charge is 0.482 e. The Morgan fingerprint density at radius 3 is 2.21 bits per heavy atom. The monoisotopic (exact) mass is 456 g/mol.